The average Bonchev–Trinajstić information content (AvgIpc) is 2.03. The highest BCUT2D eigenvalue weighted by Gasteiger charge is 2.13. The Hall–Kier alpha value is -1.96. The van der Waals surface area contributed by atoms with E-state index in [-0.39, 0.29) is 0 Å². The third-order valence-corrected chi connectivity index (χ3v) is 1.24. The van der Waals surface area contributed by atoms with E-state index in [4.69, 9.17) is 10.4 Å². The summed E-state index contributed by atoms with van der Waals surface area (Å²) < 4.78 is 12.7. The average molecular weight is 166 g/mol. The van der Waals surface area contributed by atoms with Gasteiger partial charge in [-0.2, -0.15) is 5.26 Å². The predicted octanol–water partition coefficient (Wildman–Crippen LogP) is 0.791. The lowest BCUT2D eigenvalue weighted by Crippen LogP contribution is -2.03. The second kappa shape index (κ2) is 2.96. The molecule has 0 aliphatic heterocycles. The topological polar surface area (TPSA) is 74.0 Å². The van der Waals surface area contributed by atoms with Gasteiger partial charge in [0.2, 0.25) is 0 Å². The van der Waals surface area contributed by atoms with E-state index in [1.807, 2.05) is 0 Å². The first-order valence-electron chi connectivity index (χ1n) is 2.93. The smallest absolute Gasteiger partial charge is 0.338 e. The maximum absolute atomic E-state index is 12.7. The molecule has 0 saturated carbocycles. The molecule has 4 nitrogen and oxygen atoms in total. The third kappa shape index (κ3) is 1.22. The van der Waals surface area contributed by atoms with E-state index in [2.05, 4.69) is 4.98 Å². The van der Waals surface area contributed by atoms with Crippen LogP contribution in [0.3, 0.4) is 0 Å². The Balaban J connectivity index is 3.40. The largest absolute Gasteiger partial charge is 0.478 e. The summed E-state index contributed by atoms with van der Waals surface area (Å²) in [5.74, 6) is -2.28. The first-order chi connectivity index (χ1) is 5.66. The van der Waals surface area contributed by atoms with Crippen molar-refractivity contribution >= 4 is 5.97 Å². The molecule has 0 fully saturated rings. The number of nitriles is 1. The van der Waals surface area contributed by atoms with Gasteiger partial charge in [-0.05, 0) is 0 Å². The molecule has 1 aromatic heterocycles. The van der Waals surface area contributed by atoms with Gasteiger partial charge in [0.25, 0.3) is 0 Å². The molecule has 0 aliphatic rings. The predicted molar refractivity (Wildman–Crippen MR) is 35.9 cm³/mol. The van der Waals surface area contributed by atoms with Crippen LogP contribution in [0.25, 0.3) is 0 Å². The Kier molecular flexibility index (Phi) is 2.01. The lowest BCUT2D eigenvalue weighted by Gasteiger charge is -1.96. The number of aromatic carboxylic acids is 1. The molecule has 12 heavy (non-hydrogen) atoms. The Labute approximate surface area is 66.9 Å². The number of aromatic nitrogens is 1. The Bertz CT molecular complexity index is 370. The molecular weight excluding hydrogens is 163 g/mol. The molecule has 0 aromatic carbocycles. The zero-order valence-corrected chi connectivity index (χ0v) is 5.78. The summed E-state index contributed by atoms with van der Waals surface area (Å²) in [6, 6.07) is 1.45. The highest BCUT2D eigenvalue weighted by Crippen LogP contribution is 2.09. The number of rotatable bonds is 1. The van der Waals surface area contributed by atoms with Crippen molar-refractivity contribution in [3.05, 3.63) is 29.3 Å². The SMILES string of the molecule is N#Cc1c(F)cncc1C(=O)O. The minimum Gasteiger partial charge on any atom is -0.478 e. The fraction of sp³-hybridized carbons (Fsp3) is 0. The summed E-state index contributed by atoms with van der Waals surface area (Å²) in [7, 11) is 0. The van der Waals surface area contributed by atoms with Gasteiger partial charge in [0.05, 0.1) is 11.8 Å². The van der Waals surface area contributed by atoms with Crippen molar-refractivity contribution in [1.82, 2.24) is 4.98 Å². The number of pyridine rings is 1. The number of nitrogens with zero attached hydrogens (tertiary/aromatic N) is 2. The molecule has 0 atom stereocenters. The first kappa shape index (κ1) is 8.14. The second-order valence-electron chi connectivity index (χ2n) is 1.96. The fourth-order valence-corrected chi connectivity index (χ4v) is 0.711. The number of carboxylic acids is 1. The quantitative estimate of drug-likeness (QED) is 0.669. The summed E-state index contributed by atoms with van der Waals surface area (Å²) in [5.41, 5.74) is -0.907. The molecule has 0 bridgehead atoms. The Morgan fingerprint density at radius 3 is 2.75 bits per heavy atom. The molecule has 60 valence electrons. The minimum absolute atomic E-state index is 0.419. The van der Waals surface area contributed by atoms with Gasteiger partial charge in [-0.15, -0.1) is 0 Å². The number of hydrogen-bond acceptors (Lipinski definition) is 3. The van der Waals surface area contributed by atoms with Gasteiger partial charge < -0.3 is 5.11 Å². The van der Waals surface area contributed by atoms with E-state index in [0.717, 1.165) is 12.4 Å². The van der Waals surface area contributed by atoms with E-state index in [1.165, 1.54) is 6.07 Å². The maximum Gasteiger partial charge on any atom is 0.338 e. The van der Waals surface area contributed by atoms with Crippen molar-refractivity contribution < 1.29 is 14.3 Å². The van der Waals surface area contributed by atoms with Crippen molar-refractivity contribution in [1.29, 1.82) is 5.26 Å². The normalized spacial score (nSPS) is 9.00. The Morgan fingerprint density at radius 1 is 1.67 bits per heavy atom. The zero-order chi connectivity index (χ0) is 9.14. The summed E-state index contributed by atoms with van der Waals surface area (Å²) in [5, 5.41) is 16.8. The molecule has 1 rings (SSSR count). The molecule has 0 radical (unpaired) electrons. The maximum atomic E-state index is 12.7. The molecule has 0 saturated heterocycles. The van der Waals surface area contributed by atoms with Gasteiger partial charge in [-0.25, -0.2) is 9.18 Å². The molecule has 5 heteroatoms. The van der Waals surface area contributed by atoms with Crippen molar-refractivity contribution in [3.63, 3.8) is 0 Å². The lowest BCUT2D eigenvalue weighted by atomic mass is 10.1. The van der Waals surface area contributed by atoms with Crippen LogP contribution < -0.4 is 0 Å². The van der Waals surface area contributed by atoms with Gasteiger partial charge >= 0.3 is 5.97 Å². The molecule has 0 amide bonds. The molecular formula is C7H3FN2O2. The van der Waals surface area contributed by atoms with E-state index in [1.54, 1.807) is 0 Å². The number of hydrogen-bond donors (Lipinski definition) is 1. The minimum atomic E-state index is -1.36. The summed E-state index contributed by atoms with van der Waals surface area (Å²) >= 11 is 0. The summed E-state index contributed by atoms with van der Waals surface area (Å²) in [6.07, 6.45) is 1.73. The van der Waals surface area contributed by atoms with E-state index in [9.17, 15) is 9.18 Å². The van der Waals surface area contributed by atoms with Crippen molar-refractivity contribution in [3.8, 4) is 6.07 Å². The standard InChI is InChI=1S/C7H3FN2O2/c8-6-3-10-2-5(7(11)12)4(6)1-9/h2-3H,(H,11,12). The number of halogens is 1. The van der Waals surface area contributed by atoms with Crippen LogP contribution in [0.2, 0.25) is 0 Å². The second-order valence-corrected chi connectivity index (χ2v) is 1.96. The van der Waals surface area contributed by atoms with Crippen LogP contribution >= 0.6 is 0 Å². The Morgan fingerprint density at radius 2 is 2.33 bits per heavy atom. The third-order valence-electron chi connectivity index (χ3n) is 1.24. The molecule has 1 aromatic rings. The van der Waals surface area contributed by atoms with Gasteiger partial charge in [-0.3, -0.25) is 4.98 Å². The van der Waals surface area contributed by atoms with Crippen molar-refractivity contribution in [2.45, 2.75) is 0 Å². The van der Waals surface area contributed by atoms with Crippen LogP contribution in [0.15, 0.2) is 12.4 Å². The van der Waals surface area contributed by atoms with Crippen LogP contribution in [-0.2, 0) is 0 Å². The van der Waals surface area contributed by atoms with Gasteiger partial charge in [-0.1, -0.05) is 0 Å². The van der Waals surface area contributed by atoms with E-state index in [0.29, 0.717) is 0 Å². The zero-order valence-electron chi connectivity index (χ0n) is 5.78. The van der Waals surface area contributed by atoms with Crippen molar-refractivity contribution in [2.24, 2.45) is 0 Å². The van der Waals surface area contributed by atoms with Crippen LogP contribution in [0, 0.1) is 17.1 Å². The van der Waals surface area contributed by atoms with Gasteiger partial charge in [0.1, 0.15) is 11.6 Å². The summed E-state index contributed by atoms with van der Waals surface area (Å²) in [4.78, 5) is 13.7. The number of carbonyl (C=O) groups is 1. The highest BCUT2D eigenvalue weighted by molar-refractivity contribution is 5.90. The fourth-order valence-electron chi connectivity index (χ4n) is 0.711. The van der Waals surface area contributed by atoms with Crippen LogP contribution in [0.5, 0.6) is 0 Å². The van der Waals surface area contributed by atoms with Gasteiger partial charge in [0, 0.05) is 6.20 Å². The highest BCUT2D eigenvalue weighted by atomic mass is 19.1. The van der Waals surface area contributed by atoms with Crippen molar-refractivity contribution in [2.75, 3.05) is 0 Å². The lowest BCUT2D eigenvalue weighted by molar-refractivity contribution is 0.0695. The summed E-state index contributed by atoms with van der Waals surface area (Å²) in [6.45, 7) is 0. The molecule has 0 aliphatic carbocycles. The first-order valence-corrected chi connectivity index (χ1v) is 2.93. The van der Waals surface area contributed by atoms with E-state index >= 15 is 0 Å². The molecule has 0 unspecified atom stereocenters. The number of carboxylic acid groups (broad SMARTS) is 1. The van der Waals surface area contributed by atoms with E-state index < -0.39 is 22.9 Å². The van der Waals surface area contributed by atoms with Crippen LogP contribution in [0.4, 0.5) is 4.39 Å². The van der Waals surface area contributed by atoms with Crippen LogP contribution in [0.1, 0.15) is 15.9 Å². The monoisotopic (exact) mass is 166 g/mol. The molecule has 0 spiro atoms. The molecule has 1 N–H and O–H groups in total. The van der Waals surface area contributed by atoms with Gasteiger partial charge in [0.15, 0.2) is 5.82 Å². The molecule has 1 heterocycles. The van der Waals surface area contributed by atoms with Crippen LogP contribution in [-0.4, -0.2) is 16.1 Å².